The van der Waals surface area contributed by atoms with E-state index in [4.69, 9.17) is 0 Å². The molecule has 2 nitrogen and oxygen atoms in total. The van der Waals surface area contributed by atoms with Crippen molar-refractivity contribution < 1.29 is 0 Å². The number of likely N-dealkylation sites (tertiary alicyclic amines) is 1. The molecule has 0 aromatic rings. The van der Waals surface area contributed by atoms with Crippen molar-refractivity contribution in [3.8, 4) is 0 Å². The van der Waals surface area contributed by atoms with Crippen molar-refractivity contribution in [3.05, 3.63) is 0 Å². The van der Waals surface area contributed by atoms with E-state index >= 15 is 0 Å². The molecule has 2 heteroatoms. The zero-order valence-corrected chi connectivity index (χ0v) is 8.71. The first-order valence-electron chi connectivity index (χ1n) is 5.12. The van der Waals surface area contributed by atoms with Gasteiger partial charge in [-0.1, -0.05) is 6.92 Å². The lowest BCUT2D eigenvalue weighted by molar-refractivity contribution is 0.221. The highest BCUT2D eigenvalue weighted by Gasteiger charge is 2.21. The van der Waals surface area contributed by atoms with Gasteiger partial charge in [0, 0.05) is 19.1 Å². The van der Waals surface area contributed by atoms with E-state index in [0.717, 1.165) is 6.04 Å². The van der Waals surface area contributed by atoms with Gasteiger partial charge in [-0.3, -0.25) is 4.90 Å². The van der Waals surface area contributed by atoms with Gasteiger partial charge in [-0.15, -0.1) is 0 Å². The van der Waals surface area contributed by atoms with Crippen molar-refractivity contribution in [2.75, 3.05) is 33.7 Å². The average Bonchev–Trinajstić information content (AvgIpc) is 2.47. The molecule has 1 atom stereocenters. The summed E-state index contributed by atoms with van der Waals surface area (Å²) in [5.41, 5.74) is 0. The Hall–Kier alpha value is -0.0800. The van der Waals surface area contributed by atoms with Gasteiger partial charge in [-0.2, -0.15) is 0 Å². The van der Waals surface area contributed by atoms with Gasteiger partial charge in [0.15, 0.2) is 0 Å². The maximum atomic E-state index is 2.64. The SMILES string of the molecule is CCC1CCCN1CCN(C)C. The number of likely N-dealkylation sites (N-methyl/N-ethyl adjacent to an activating group) is 1. The van der Waals surface area contributed by atoms with Gasteiger partial charge in [0.1, 0.15) is 0 Å². The molecule has 1 heterocycles. The van der Waals surface area contributed by atoms with Crippen LogP contribution in [0, 0.1) is 0 Å². The maximum absolute atomic E-state index is 2.64. The molecule has 1 saturated heterocycles. The van der Waals surface area contributed by atoms with E-state index in [1.54, 1.807) is 0 Å². The molecule has 72 valence electrons. The molecule has 0 radical (unpaired) electrons. The third-order valence-corrected chi connectivity index (χ3v) is 2.80. The van der Waals surface area contributed by atoms with Gasteiger partial charge in [-0.05, 0) is 39.9 Å². The highest BCUT2D eigenvalue weighted by Crippen LogP contribution is 2.18. The second-order valence-corrected chi connectivity index (χ2v) is 4.04. The summed E-state index contributed by atoms with van der Waals surface area (Å²) < 4.78 is 0. The largest absolute Gasteiger partial charge is 0.308 e. The summed E-state index contributed by atoms with van der Waals surface area (Å²) in [5, 5.41) is 0. The third-order valence-electron chi connectivity index (χ3n) is 2.80. The van der Waals surface area contributed by atoms with E-state index in [0.29, 0.717) is 0 Å². The van der Waals surface area contributed by atoms with Crippen molar-refractivity contribution in [1.82, 2.24) is 9.80 Å². The first-order valence-corrected chi connectivity index (χ1v) is 5.12. The molecule has 0 amide bonds. The molecule has 0 spiro atoms. The molecule has 0 bridgehead atoms. The molecular weight excluding hydrogens is 148 g/mol. The minimum absolute atomic E-state index is 0.880. The number of hydrogen-bond donors (Lipinski definition) is 0. The third kappa shape index (κ3) is 2.76. The molecule has 0 aliphatic carbocycles. The van der Waals surface area contributed by atoms with Crippen LogP contribution in [0.15, 0.2) is 0 Å². The van der Waals surface area contributed by atoms with Crippen LogP contribution in [0.3, 0.4) is 0 Å². The fourth-order valence-electron chi connectivity index (χ4n) is 1.98. The molecule has 1 rings (SSSR count). The molecule has 1 fully saturated rings. The van der Waals surface area contributed by atoms with Crippen molar-refractivity contribution in [1.29, 1.82) is 0 Å². The highest BCUT2D eigenvalue weighted by atomic mass is 15.2. The first-order chi connectivity index (χ1) is 5.74. The fourth-order valence-corrected chi connectivity index (χ4v) is 1.98. The molecule has 0 N–H and O–H groups in total. The zero-order chi connectivity index (χ0) is 8.97. The quantitative estimate of drug-likeness (QED) is 0.629. The Bertz CT molecular complexity index is 123. The van der Waals surface area contributed by atoms with E-state index in [-0.39, 0.29) is 0 Å². The summed E-state index contributed by atoms with van der Waals surface area (Å²) in [7, 11) is 4.30. The Balaban J connectivity index is 2.21. The summed E-state index contributed by atoms with van der Waals surface area (Å²) >= 11 is 0. The molecule has 1 aliphatic rings. The zero-order valence-electron chi connectivity index (χ0n) is 8.71. The molecule has 0 aromatic heterocycles. The first kappa shape index (κ1) is 10.0. The van der Waals surface area contributed by atoms with Crippen LogP contribution < -0.4 is 0 Å². The minimum atomic E-state index is 0.880. The van der Waals surface area contributed by atoms with Crippen LogP contribution in [-0.2, 0) is 0 Å². The predicted molar refractivity (Wildman–Crippen MR) is 53.4 cm³/mol. The normalized spacial score (nSPS) is 25.5. The van der Waals surface area contributed by atoms with E-state index in [1.165, 1.54) is 38.9 Å². The van der Waals surface area contributed by atoms with E-state index in [2.05, 4.69) is 30.8 Å². The Morgan fingerprint density at radius 3 is 2.75 bits per heavy atom. The lowest BCUT2D eigenvalue weighted by atomic mass is 10.2. The van der Waals surface area contributed by atoms with E-state index in [1.807, 2.05) is 0 Å². The van der Waals surface area contributed by atoms with Crippen LogP contribution in [0.2, 0.25) is 0 Å². The van der Waals surface area contributed by atoms with Crippen LogP contribution in [0.5, 0.6) is 0 Å². The van der Waals surface area contributed by atoms with Gasteiger partial charge in [0.05, 0.1) is 0 Å². The second-order valence-electron chi connectivity index (χ2n) is 4.04. The Morgan fingerprint density at radius 1 is 1.42 bits per heavy atom. The van der Waals surface area contributed by atoms with Gasteiger partial charge in [0.25, 0.3) is 0 Å². The smallest absolute Gasteiger partial charge is 0.0112 e. The molecule has 12 heavy (non-hydrogen) atoms. The van der Waals surface area contributed by atoms with Crippen molar-refractivity contribution >= 4 is 0 Å². The fraction of sp³-hybridized carbons (Fsp3) is 1.00. The van der Waals surface area contributed by atoms with Crippen LogP contribution in [-0.4, -0.2) is 49.6 Å². The van der Waals surface area contributed by atoms with E-state index in [9.17, 15) is 0 Å². The van der Waals surface area contributed by atoms with E-state index < -0.39 is 0 Å². The second kappa shape index (κ2) is 4.83. The van der Waals surface area contributed by atoms with Gasteiger partial charge in [0.2, 0.25) is 0 Å². The van der Waals surface area contributed by atoms with Crippen LogP contribution in [0.4, 0.5) is 0 Å². The number of rotatable bonds is 4. The summed E-state index contributed by atoms with van der Waals surface area (Å²) in [6, 6.07) is 0.880. The van der Waals surface area contributed by atoms with Crippen LogP contribution in [0.1, 0.15) is 26.2 Å². The van der Waals surface area contributed by atoms with Crippen LogP contribution >= 0.6 is 0 Å². The molecule has 0 saturated carbocycles. The van der Waals surface area contributed by atoms with Crippen molar-refractivity contribution in [3.63, 3.8) is 0 Å². The summed E-state index contributed by atoms with van der Waals surface area (Å²) in [5.74, 6) is 0. The molecular formula is C10H22N2. The van der Waals surface area contributed by atoms with Gasteiger partial charge in [-0.25, -0.2) is 0 Å². The van der Waals surface area contributed by atoms with Crippen LogP contribution in [0.25, 0.3) is 0 Å². The average molecular weight is 170 g/mol. The lowest BCUT2D eigenvalue weighted by Gasteiger charge is -2.24. The summed E-state index contributed by atoms with van der Waals surface area (Å²) in [6.07, 6.45) is 4.16. The topological polar surface area (TPSA) is 6.48 Å². The molecule has 1 aliphatic heterocycles. The molecule has 1 unspecified atom stereocenters. The van der Waals surface area contributed by atoms with Gasteiger partial charge >= 0.3 is 0 Å². The Kier molecular flexibility index (Phi) is 4.02. The van der Waals surface area contributed by atoms with Gasteiger partial charge < -0.3 is 4.90 Å². The van der Waals surface area contributed by atoms with Crippen molar-refractivity contribution in [2.24, 2.45) is 0 Å². The monoisotopic (exact) mass is 170 g/mol. The molecule has 0 aromatic carbocycles. The number of nitrogens with zero attached hydrogens (tertiary/aromatic N) is 2. The lowest BCUT2D eigenvalue weighted by Crippen LogP contribution is -2.34. The minimum Gasteiger partial charge on any atom is -0.308 e. The highest BCUT2D eigenvalue weighted by molar-refractivity contribution is 4.77. The van der Waals surface area contributed by atoms with Crippen molar-refractivity contribution in [2.45, 2.75) is 32.2 Å². The Morgan fingerprint density at radius 2 is 2.17 bits per heavy atom. The number of hydrogen-bond acceptors (Lipinski definition) is 2. The Labute approximate surface area is 76.5 Å². The predicted octanol–water partition coefficient (Wildman–Crippen LogP) is 1.42. The summed E-state index contributed by atoms with van der Waals surface area (Å²) in [6.45, 7) is 6.09. The summed E-state index contributed by atoms with van der Waals surface area (Å²) in [4.78, 5) is 4.91. The maximum Gasteiger partial charge on any atom is 0.0112 e. The standard InChI is InChI=1S/C10H22N2/c1-4-10-6-5-7-12(10)9-8-11(2)3/h10H,4-9H2,1-3H3.